The van der Waals surface area contributed by atoms with Gasteiger partial charge >= 0.3 is 0 Å². The molecule has 4 nitrogen and oxygen atoms in total. The first-order valence-electron chi connectivity index (χ1n) is 9.19. The fourth-order valence-electron chi connectivity index (χ4n) is 3.90. The van der Waals surface area contributed by atoms with Crippen molar-refractivity contribution in [1.29, 1.82) is 0 Å². The van der Waals surface area contributed by atoms with Gasteiger partial charge in [0.2, 0.25) is 0 Å². The van der Waals surface area contributed by atoms with Crippen LogP contribution in [-0.2, 0) is 0 Å². The Morgan fingerprint density at radius 3 is 2.44 bits per heavy atom. The first-order chi connectivity index (χ1) is 11.2. The molecule has 7 heteroatoms. The number of nitrogens with one attached hydrogen (secondary N) is 1. The summed E-state index contributed by atoms with van der Waals surface area (Å²) >= 11 is 1.67. The molecule has 2 aliphatic rings. The van der Waals surface area contributed by atoms with Crippen LogP contribution in [0.15, 0.2) is 0 Å². The van der Waals surface area contributed by atoms with E-state index in [1.54, 1.807) is 11.3 Å². The minimum absolute atomic E-state index is 0. The number of carbonyl (C=O) groups excluding carboxylic acids is 1. The number of rotatable bonds is 5. The Hall–Kier alpha value is -0.360. The van der Waals surface area contributed by atoms with Crippen LogP contribution in [0.25, 0.3) is 0 Å². The summed E-state index contributed by atoms with van der Waals surface area (Å²) in [5.74, 6) is 0.816. The third kappa shape index (κ3) is 5.31. The van der Waals surface area contributed by atoms with Crippen molar-refractivity contribution in [2.45, 2.75) is 70.8 Å². The van der Waals surface area contributed by atoms with E-state index in [0.29, 0.717) is 12.0 Å². The first kappa shape index (κ1) is 22.7. The van der Waals surface area contributed by atoms with Crippen LogP contribution in [0.1, 0.15) is 78.2 Å². The molecule has 1 saturated heterocycles. The molecule has 2 heterocycles. The summed E-state index contributed by atoms with van der Waals surface area (Å²) in [6.45, 7) is 7.07. The van der Waals surface area contributed by atoms with E-state index >= 15 is 0 Å². The van der Waals surface area contributed by atoms with Crippen molar-refractivity contribution in [2.24, 2.45) is 0 Å². The molecular weight excluding hydrogens is 377 g/mol. The van der Waals surface area contributed by atoms with E-state index in [0.717, 1.165) is 49.5 Å². The lowest BCUT2D eigenvalue weighted by Crippen LogP contribution is -2.46. The van der Waals surface area contributed by atoms with Crippen molar-refractivity contribution >= 4 is 42.1 Å². The fraction of sp³-hybridized carbons (Fsp3) is 0.778. The lowest BCUT2D eigenvalue weighted by molar-refractivity contribution is 0.0646. The molecule has 0 atom stereocenters. The zero-order valence-corrected chi connectivity index (χ0v) is 17.7. The number of hydrogen-bond donors (Lipinski definition) is 1. The average Bonchev–Trinajstić information content (AvgIpc) is 3.22. The lowest BCUT2D eigenvalue weighted by atomic mass is 10.0. The maximum absolute atomic E-state index is 13.2. The van der Waals surface area contributed by atoms with Gasteiger partial charge in [-0.05, 0) is 52.1 Å². The van der Waals surface area contributed by atoms with Gasteiger partial charge in [0.1, 0.15) is 4.88 Å². The van der Waals surface area contributed by atoms with Gasteiger partial charge in [-0.3, -0.25) is 4.79 Å². The quantitative estimate of drug-likeness (QED) is 0.777. The topological polar surface area (TPSA) is 45.2 Å². The maximum Gasteiger partial charge on any atom is 0.266 e. The van der Waals surface area contributed by atoms with Crippen molar-refractivity contribution in [3.8, 4) is 0 Å². The number of thiazole rings is 1. The summed E-state index contributed by atoms with van der Waals surface area (Å²) < 4.78 is 0. The molecule has 0 radical (unpaired) electrons. The molecule has 144 valence electrons. The van der Waals surface area contributed by atoms with Gasteiger partial charge in [-0.15, -0.1) is 36.2 Å². The van der Waals surface area contributed by atoms with Gasteiger partial charge in [0.25, 0.3) is 5.91 Å². The third-order valence-corrected chi connectivity index (χ3v) is 6.49. The standard InChI is InChI=1S/C18H29N3OS.2ClH/c1-3-12-21(15-8-10-19-11-9-15)18(22)16-13(2)20-17(23-16)14-6-4-5-7-14;;/h14-15,19H,3-12H2,1-2H3;2*1H. The third-order valence-electron chi connectivity index (χ3n) is 5.19. The highest BCUT2D eigenvalue weighted by atomic mass is 35.5. The SMILES string of the molecule is CCCN(C(=O)c1sc(C2CCCC2)nc1C)C1CCNCC1.Cl.Cl. The normalized spacial score (nSPS) is 18.5. The fourth-order valence-corrected chi connectivity index (χ4v) is 5.09. The minimum Gasteiger partial charge on any atom is -0.335 e. The average molecular weight is 408 g/mol. The molecule has 1 aliphatic heterocycles. The molecule has 0 spiro atoms. The first-order valence-corrected chi connectivity index (χ1v) is 10.0. The highest BCUT2D eigenvalue weighted by Crippen LogP contribution is 2.37. The van der Waals surface area contributed by atoms with Crippen molar-refractivity contribution < 1.29 is 4.79 Å². The Kier molecular flexibility index (Phi) is 9.71. The van der Waals surface area contributed by atoms with E-state index in [-0.39, 0.29) is 30.7 Å². The van der Waals surface area contributed by atoms with Crippen molar-refractivity contribution in [3.05, 3.63) is 15.6 Å². The summed E-state index contributed by atoms with van der Waals surface area (Å²) in [5, 5.41) is 4.59. The zero-order chi connectivity index (χ0) is 16.2. The lowest BCUT2D eigenvalue weighted by Gasteiger charge is -2.34. The summed E-state index contributed by atoms with van der Waals surface area (Å²) in [4.78, 5) is 20.9. The van der Waals surface area contributed by atoms with E-state index in [2.05, 4.69) is 17.1 Å². The second-order valence-electron chi connectivity index (χ2n) is 6.93. The van der Waals surface area contributed by atoms with Gasteiger partial charge in [0, 0.05) is 18.5 Å². The Labute approximate surface area is 168 Å². The second-order valence-corrected chi connectivity index (χ2v) is 7.96. The van der Waals surface area contributed by atoms with Crippen LogP contribution in [0.5, 0.6) is 0 Å². The molecule has 25 heavy (non-hydrogen) atoms. The molecule has 1 amide bonds. The van der Waals surface area contributed by atoms with E-state index in [4.69, 9.17) is 4.98 Å². The Morgan fingerprint density at radius 1 is 1.20 bits per heavy atom. The largest absolute Gasteiger partial charge is 0.335 e. The van der Waals surface area contributed by atoms with Gasteiger partial charge in [0.05, 0.1) is 10.7 Å². The van der Waals surface area contributed by atoms with Gasteiger partial charge < -0.3 is 10.2 Å². The summed E-state index contributed by atoms with van der Waals surface area (Å²) in [5.41, 5.74) is 0.942. The number of nitrogens with zero attached hydrogens (tertiary/aromatic N) is 2. The van der Waals surface area contributed by atoms with Crippen LogP contribution >= 0.6 is 36.2 Å². The molecule has 0 bridgehead atoms. The van der Waals surface area contributed by atoms with Crippen LogP contribution < -0.4 is 5.32 Å². The Morgan fingerprint density at radius 2 is 1.84 bits per heavy atom. The van der Waals surface area contributed by atoms with E-state index in [1.807, 2.05) is 6.92 Å². The maximum atomic E-state index is 13.2. The van der Waals surface area contributed by atoms with Crippen LogP contribution in [-0.4, -0.2) is 41.5 Å². The Bertz CT molecular complexity index is 540. The van der Waals surface area contributed by atoms with Gasteiger partial charge in [-0.2, -0.15) is 0 Å². The minimum atomic E-state index is 0. The van der Waals surface area contributed by atoms with E-state index < -0.39 is 0 Å². The molecule has 1 aromatic rings. The van der Waals surface area contributed by atoms with Crippen LogP contribution in [0.4, 0.5) is 0 Å². The molecule has 0 unspecified atom stereocenters. The molecule has 1 aromatic heterocycles. The molecule has 3 rings (SSSR count). The smallest absolute Gasteiger partial charge is 0.266 e. The number of aryl methyl sites for hydroxylation is 1. The van der Waals surface area contributed by atoms with E-state index in [9.17, 15) is 4.79 Å². The molecule has 0 aromatic carbocycles. The number of piperidine rings is 1. The molecule has 1 aliphatic carbocycles. The zero-order valence-electron chi connectivity index (χ0n) is 15.3. The number of halogens is 2. The summed E-state index contributed by atoms with van der Waals surface area (Å²) in [6.07, 6.45) is 8.26. The van der Waals surface area contributed by atoms with Gasteiger partial charge in [0.15, 0.2) is 0 Å². The predicted molar refractivity (Wildman–Crippen MR) is 110 cm³/mol. The summed E-state index contributed by atoms with van der Waals surface area (Å²) in [6, 6.07) is 0.389. The van der Waals surface area contributed by atoms with Crippen LogP contribution in [0, 0.1) is 6.92 Å². The van der Waals surface area contributed by atoms with Crippen LogP contribution in [0.3, 0.4) is 0 Å². The van der Waals surface area contributed by atoms with Crippen LogP contribution in [0.2, 0.25) is 0 Å². The van der Waals surface area contributed by atoms with Gasteiger partial charge in [-0.1, -0.05) is 19.8 Å². The predicted octanol–water partition coefficient (Wildman–Crippen LogP) is 4.56. The van der Waals surface area contributed by atoms with Gasteiger partial charge in [-0.25, -0.2) is 4.98 Å². The van der Waals surface area contributed by atoms with Crippen molar-refractivity contribution in [1.82, 2.24) is 15.2 Å². The van der Waals surface area contributed by atoms with Crippen molar-refractivity contribution in [2.75, 3.05) is 19.6 Å². The Balaban J connectivity index is 0.00000156. The number of hydrogen-bond acceptors (Lipinski definition) is 4. The van der Waals surface area contributed by atoms with Crippen molar-refractivity contribution in [3.63, 3.8) is 0 Å². The molecule has 1 saturated carbocycles. The highest BCUT2D eigenvalue weighted by Gasteiger charge is 2.29. The molecule has 1 N–H and O–H groups in total. The number of amides is 1. The van der Waals surface area contributed by atoms with E-state index in [1.165, 1.54) is 30.7 Å². The highest BCUT2D eigenvalue weighted by molar-refractivity contribution is 7.13. The monoisotopic (exact) mass is 407 g/mol. The molecular formula is C18H31Cl2N3OS. The summed E-state index contributed by atoms with van der Waals surface area (Å²) in [7, 11) is 0. The number of aromatic nitrogens is 1. The number of carbonyl (C=O) groups is 1. The second kappa shape index (κ2) is 10.7. The molecule has 2 fully saturated rings.